The Labute approximate surface area is 339 Å². The van der Waals surface area contributed by atoms with Gasteiger partial charge in [0, 0.05) is 33.3 Å². The molecule has 8 aromatic carbocycles. The molecule has 274 valence electrons. The molecule has 58 heavy (non-hydrogen) atoms. The van der Waals surface area contributed by atoms with Gasteiger partial charge in [-0.3, -0.25) is 0 Å². The van der Waals surface area contributed by atoms with Crippen LogP contribution in [0.3, 0.4) is 0 Å². The van der Waals surface area contributed by atoms with Gasteiger partial charge in [0.2, 0.25) is 0 Å². The van der Waals surface area contributed by atoms with Gasteiger partial charge in [0.25, 0.3) is 0 Å². The second-order valence-corrected chi connectivity index (χ2v) is 15.3. The van der Waals surface area contributed by atoms with E-state index in [0.29, 0.717) is 0 Å². The molecule has 11 rings (SSSR count). The molecule has 0 bridgehead atoms. The third-order valence-corrected chi connectivity index (χ3v) is 12.2. The summed E-state index contributed by atoms with van der Waals surface area (Å²) in [5.41, 5.74) is 17.6. The third kappa shape index (κ3) is 5.26. The number of para-hydroxylation sites is 1. The molecule has 0 radical (unpaired) electrons. The van der Waals surface area contributed by atoms with Gasteiger partial charge in [-0.15, -0.1) is 0 Å². The maximum absolute atomic E-state index is 6.77. The van der Waals surface area contributed by atoms with E-state index in [1.807, 2.05) is 6.07 Å². The van der Waals surface area contributed by atoms with Crippen molar-refractivity contribution < 1.29 is 4.42 Å². The molecule has 9 aromatic rings. The normalized spacial score (nSPS) is 16.6. The molecule has 0 amide bonds. The van der Waals surface area contributed by atoms with E-state index in [4.69, 9.17) is 4.42 Å². The largest absolute Gasteiger partial charge is 0.455 e. The number of furan rings is 1. The van der Waals surface area contributed by atoms with E-state index < -0.39 is 5.41 Å². The second kappa shape index (κ2) is 13.7. The Kier molecular flexibility index (Phi) is 7.97. The van der Waals surface area contributed by atoms with Crippen LogP contribution in [0.2, 0.25) is 0 Å². The number of rotatable bonds is 5. The number of anilines is 3. The smallest absolute Gasteiger partial charge is 0.143 e. The monoisotopic (exact) mass is 741 g/mol. The number of fused-ring (bicyclic) bond motifs is 11. The number of nitrogens with zero attached hydrogens (tertiary/aromatic N) is 1. The molecule has 2 heteroatoms. The minimum absolute atomic E-state index is 0.518. The van der Waals surface area contributed by atoms with Crippen LogP contribution >= 0.6 is 0 Å². The molecule has 1 heterocycles. The first-order chi connectivity index (χ1) is 28.7. The fraction of sp³-hybridized carbons (Fsp3) is 0.0357. The molecule has 1 unspecified atom stereocenters. The number of hydrogen-bond donors (Lipinski definition) is 0. The van der Waals surface area contributed by atoms with Gasteiger partial charge in [-0.1, -0.05) is 183 Å². The van der Waals surface area contributed by atoms with Crippen molar-refractivity contribution in [2.75, 3.05) is 4.90 Å². The molecule has 2 aliphatic carbocycles. The van der Waals surface area contributed by atoms with E-state index in [-0.39, 0.29) is 0 Å². The van der Waals surface area contributed by atoms with E-state index in [9.17, 15) is 0 Å². The lowest BCUT2D eigenvalue weighted by molar-refractivity contribution is 0.634. The fourth-order valence-electron chi connectivity index (χ4n) is 9.54. The Morgan fingerprint density at radius 3 is 1.76 bits per heavy atom. The average Bonchev–Trinajstić information content (AvgIpc) is 3.83. The highest BCUT2D eigenvalue weighted by Gasteiger charge is 2.47. The van der Waals surface area contributed by atoms with E-state index in [1.165, 1.54) is 50.1 Å². The Hall–Kier alpha value is -7.42. The van der Waals surface area contributed by atoms with Crippen LogP contribution in [0.1, 0.15) is 28.7 Å². The summed E-state index contributed by atoms with van der Waals surface area (Å²) in [5, 5.41) is 2.22. The average molecular weight is 742 g/mol. The van der Waals surface area contributed by atoms with Crippen LogP contribution in [0.15, 0.2) is 223 Å². The van der Waals surface area contributed by atoms with Gasteiger partial charge in [0.15, 0.2) is 0 Å². The quantitative estimate of drug-likeness (QED) is 0.175. The summed E-state index contributed by atoms with van der Waals surface area (Å²) in [6.45, 7) is 4.68. The molecule has 0 N–H and O–H groups in total. The van der Waals surface area contributed by atoms with Gasteiger partial charge < -0.3 is 9.32 Å². The summed E-state index contributed by atoms with van der Waals surface area (Å²) < 4.78 is 6.77. The number of benzene rings is 8. The van der Waals surface area contributed by atoms with Gasteiger partial charge in [-0.2, -0.15) is 0 Å². The molecular weight excluding hydrogens is 703 g/mol. The number of hydrogen-bond acceptors (Lipinski definition) is 2. The van der Waals surface area contributed by atoms with Crippen molar-refractivity contribution in [2.24, 2.45) is 0 Å². The van der Waals surface area contributed by atoms with Gasteiger partial charge in [-0.05, 0) is 92.9 Å². The molecule has 1 aromatic heterocycles. The first-order valence-electron chi connectivity index (χ1n) is 20.0. The van der Waals surface area contributed by atoms with E-state index in [0.717, 1.165) is 56.6 Å². The van der Waals surface area contributed by atoms with Crippen LogP contribution in [0.4, 0.5) is 17.1 Å². The predicted molar refractivity (Wildman–Crippen MR) is 243 cm³/mol. The lowest BCUT2D eigenvalue weighted by Crippen LogP contribution is -2.28. The van der Waals surface area contributed by atoms with Crippen molar-refractivity contribution >= 4 is 44.6 Å². The van der Waals surface area contributed by atoms with Gasteiger partial charge in [-0.25, -0.2) is 0 Å². The van der Waals surface area contributed by atoms with Crippen LogP contribution in [-0.2, 0) is 5.41 Å². The lowest BCUT2D eigenvalue weighted by Gasteiger charge is -2.34. The van der Waals surface area contributed by atoms with Gasteiger partial charge in [0.1, 0.15) is 11.2 Å². The lowest BCUT2D eigenvalue weighted by atomic mass is 9.68. The Morgan fingerprint density at radius 1 is 0.466 bits per heavy atom. The summed E-state index contributed by atoms with van der Waals surface area (Å²) in [4.78, 5) is 2.44. The summed E-state index contributed by atoms with van der Waals surface area (Å²) in [6, 6.07) is 68.1. The molecule has 0 saturated heterocycles. The molecule has 0 aliphatic heterocycles. The zero-order chi connectivity index (χ0) is 38.6. The van der Waals surface area contributed by atoms with Crippen molar-refractivity contribution in [3.63, 3.8) is 0 Å². The van der Waals surface area contributed by atoms with E-state index in [2.05, 4.69) is 218 Å². The molecule has 0 saturated carbocycles. The molecular formula is C56H39NO. The van der Waals surface area contributed by atoms with Crippen molar-refractivity contribution in [3.05, 3.63) is 241 Å². The Morgan fingerprint density at radius 2 is 1.05 bits per heavy atom. The van der Waals surface area contributed by atoms with Crippen LogP contribution in [0, 0.1) is 0 Å². The third-order valence-electron chi connectivity index (χ3n) is 12.2. The van der Waals surface area contributed by atoms with Crippen molar-refractivity contribution in [1.82, 2.24) is 0 Å². The molecule has 1 spiro atoms. The summed E-state index contributed by atoms with van der Waals surface area (Å²) in [5.74, 6) is 0. The highest BCUT2D eigenvalue weighted by molar-refractivity contribution is 6.10. The SMILES string of the molecule is C=C1/C=C\C=C/CC2(c3ccccc3-c3c(N(c4ccc(-c5ccccc5)cc4)c4ccc(-c5ccccc5)cc4)cccc32)c2ccc3c(oc4ccccc43)c21. The van der Waals surface area contributed by atoms with Gasteiger partial charge >= 0.3 is 0 Å². The van der Waals surface area contributed by atoms with Gasteiger partial charge in [0.05, 0.1) is 11.1 Å². The maximum Gasteiger partial charge on any atom is 0.143 e. The summed E-state index contributed by atoms with van der Waals surface area (Å²) >= 11 is 0. The summed E-state index contributed by atoms with van der Waals surface area (Å²) in [7, 11) is 0. The molecule has 2 nitrogen and oxygen atoms in total. The first kappa shape index (κ1) is 33.9. The highest BCUT2D eigenvalue weighted by Crippen LogP contribution is 2.60. The Bertz CT molecular complexity index is 2990. The zero-order valence-electron chi connectivity index (χ0n) is 32.0. The Balaban J connectivity index is 1.17. The van der Waals surface area contributed by atoms with Crippen molar-refractivity contribution in [3.8, 4) is 33.4 Å². The summed E-state index contributed by atoms with van der Waals surface area (Å²) in [6.07, 6.45) is 9.51. The molecule has 2 aliphatic rings. The topological polar surface area (TPSA) is 16.4 Å². The van der Waals surface area contributed by atoms with E-state index >= 15 is 0 Å². The predicted octanol–water partition coefficient (Wildman–Crippen LogP) is 15.2. The van der Waals surface area contributed by atoms with Crippen LogP contribution in [-0.4, -0.2) is 0 Å². The standard InChI is InChI=1S/C56H39NO/c1-38-16-5-4-14-37-56(50-36-35-46-45-21-11-13-26-52(45)58-55(46)53(38)50)48-23-12-10-22-47(48)54-49(56)24-15-25-51(54)57(43-31-27-41(28-32-43)39-17-6-2-7-18-39)44-33-29-42(30-34-44)40-19-8-3-9-20-40/h2-36H,1,37H2/b14-4-,16-5-. The number of allylic oxidation sites excluding steroid dienone is 5. The first-order valence-corrected chi connectivity index (χ1v) is 20.0. The highest BCUT2D eigenvalue weighted by atomic mass is 16.3. The minimum atomic E-state index is -0.518. The molecule has 0 fully saturated rings. The maximum atomic E-state index is 6.77. The van der Waals surface area contributed by atoms with E-state index in [1.54, 1.807) is 0 Å². The van der Waals surface area contributed by atoms with Crippen molar-refractivity contribution in [1.29, 1.82) is 0 Å². The van der Waals surface area contributed by atoms with Crippen LogP contribution in [0.25, 0.3) is 60.9 Å². The second-order valence-electron chi connectivity index (χ2n) is 15.3. The molecule has 1 atom stereocenters. The van der Waals surface area contributed by atoms with Crippen LogP contribution < -0.4 is 4.90 Å². The minimum Gasteiger partial charge on any atom is -0.455 e. The van der Waals surface area contributed by atoms with Crippen molar-refractivity contribution in [2.45, 2.75) is 11.8 Å². The van der Waals surface area contributed by atoms with Crippen LogP contribution in [0.5, 0.6) is 0 Å². The fourth-order valence-corrected chi connectivity index (χ4v) is 9.54. The zero-order valence-corrected chi connectivity index (χ0v) is 32.0.